The first-order valence-electron chi connectivity index (χ1n) is 10.0. The summed E-state index contributed by atoms with van der Waals surface area (Å²) in [7, 11) is 0. The van der Waals surface area contributed by atoms with Crippen molar-refractivity contribution in [2.24, 2.45) is 0 Å². The van der Waals surface area contributed by atoms with Gasteiger partial charge < -0.3 is 10.2 Å². The zero-order chi connectivity index (χ0) is 22.1. The van der Waals surface area contributed by atoms with Gasteiger partial charge in [-0.3, -0.25) is 9.59 Å². The molecule has 1 atom stereocenters. The number of nitrogens with zero attached hydrogens (tertiary/aromatic N) is 1. The van der Waals surface area contributed by atoms with Gasteiger partial charge in [-0.1, -0.05) is 48.3 Å². The Morgan fingerprint density at radius 1 is 1.07 bits per heavy atom. The highest BCUT2D eigenvalue weighted by Crippen LogP contribution is 2.23. The van der Waals surface area contributed by atoms with E-state index in [2.05, 4.69) is 5.32 Å². The first kappa shape index (κ1) is 24.6. The molecule has 0 saturated carbocycles. The first-order chi connectivity index (χ1) is 14.3. The molecule has 0 aliphatic rings. The largest absolute Gasteiger partial charge is 0.352 e. The lowest BCUT2D eigenvalue weighted by Gasteiger charge is -2.31. The molecule has 0 aliphatic carbocycles. The van der Waals surface area contributed by atoms with Gasteiger partial charge in [-0.05, 0) is 56.2 Å². The molecule has 30 heavy (non-hydrogen) atoms. The summed E-state index contributed by atoms with van der Waals surface area (Å²) in [4.78, 5) is 28.6. The summed E-state index contributed by atoms with van der Waals surface area (Å²) in [5.74, 6) is 0.405. The minimum Gasteiger partial charge on any atom is -0.352 e. The minimum atomic E-state index is -0.545. The van der Waals surface area contributed by atoms with E-state index in [0.717, 1.165) is 10.5 Å². The van der Waals surface area contributed by atoms with Crippen molar-refractivity contribution in [1.29, 1.82) is 0 Å². The fourth-order valence-corrected chi connectivity index (χ4v) is 4.20. The highest BCUT2D eigenvalue weighted by atomic mass is 35.5. The number of nitrogens with one attached hydrogen (secondary N) is 1. The SMILES string of the molecule is CC[C@@H](C(=O)NC(C)C)N(Cc1ccccc1Cl)C(=O)CCSc1ccc(Cl)cc1. The van der Waals surface area contributed by atoms with E-state index in [1.165, 1.54) is 0 Å². The van der Waals surface area contributed by atoms with Crippen molar-refractivity contribution in [3.05, 3.63) is 64.1 Å². The smallest absolute Gasteiger partial charge is 0.243 e. The van der Waals surface area contributed by atoms with Crippen molar-refractivity contribution < 1.29 is 9.59 Å². The Bertz CT molecular complexity index is 843. The van der Waals surface area contributed by atoms with Gasteiger partial charge >= 0.3 is 0 Å². The Hall–Kier alpha value is -1.69. The van der Waals surface area contributed by atoms with E-state index in [1.54, 1.807) is 22.7 Å². The number of amides is 2. The molecular weight excluding hydrogens is 439 g/mol. The highest BCUT2D eigenvalue weighted by molar-refractivity contribution is 7.99. The predicted molar refractivity (Wildman–Crippen MR) is 126 cm³/mol. The van der Waals surface area contributed by atoms with Crippen molar-refractivity contribution in [3.8, 4) is 0 Å². The second-order valence-corrected chi connectivity index (χ2v) is 9.26. The van der Waals surface area contributed by atoms with Gasteiger partial charge in [-0.2, -0.15) is 0 Å². The maximum absolute atomic E-state index is 13.2. The molecule has 2 amide bonds. The summed E-state index contributed by atoms with van der Waals surface area (Å²) in [6.07, 6.45) is 0.849. The molecule has 162 valence electrons. The lowest BCUT2D eigenvalue weighted by atomic mass is 10.1. The topological polar surface area (TPSA) is 49.4 Å². The summed E-state index contributed by atoms with van der Waals surface area (Å²) in [5.41, 5.74) is 0.827. The lowest BCUT2D eigenvalue weighted by molar-refractivity contribution is -0.141. The number of carbonyl (C=O) groups is 2. The maximum Gasteiger partial charge on any atom is 0.243 e. The number of halogens is 2. The van der Waals surface area contributed by atoms with Gasteiger partial charge in [0.05, 0.1) is 0 Å². The monoisotopic (exact) mass is 466 g/mol. The molecule has 0 unspecified atom stereocenters. The van der Waals surface area contributed by atoms with Crippen molar-refractivity contribution in [2.75, 3.05) is 5.75 Å². The van der Waals surface area contributed by atoms with E-state index in [1.807, 2.05) is 63.2 Å². The molecule has 0 aromatic heterocycles. The van der Waals surface area contributed by atoms with E-state index in [-0.39, 0.29) is 17.9 Å². The molecule has 0 spiro atoms. The number of thioether (sulfide) groups is 1. The summed E-state index contributed by atoms with van der Waals surface area (Å²) in [6, 6.07) is 14.4. The van der Waals surface area contributed by atoms with Gasteiger partial charge in [0.15, 0.2) is 0 Å². The second kappa shape index (κ2) is 12.2. The third-order valence-corrected chi connectivity index (χ3v) is 6.15. The number of hydrogen-bond donors (Lipinski definition) is 1. The zero-order valence-electron chi connectivity index (χ0n) is 17.5. The minimum absolute atomic E-state index is 0.00396. The van der Waals surface area contributed by atoms with Crippen LogP contribution in [0, 0.1) is 0 Å². The van der Waals surface area contributed by atoms with E-state index in [4.69, 9.17) is 23.2 Å². The molecule has 0 heterocycles. The van der Waals surface area contributed by atoms with E-state index in [0.29, 0.717) is 35.2 Å². The standard InChI is InChI=1S/C23H28Cl2N2O2S/c1-4-21(23(29)26-16(2)3)27(15-17-7-5-6-8-20(17)25)22(28)13-14-30-19-11-9-18(24)10-12-19/h5-12,16,21H,4,13-15H2,1-3H3,(H,26,29)/t21-/m0/s1. The molecule has 2 rings (SSSR count). The third kappa shape index (κ3) is 7.53. The lowest BCUT2D eigenvalue weighted by Crippen LogP contribution is -2.50. The summed E-state index contributed by atoms with van der Waals surface area (Å²) in [6.45, 7) is 6.04. The predicted octanol–water partition coefficient (Wildman–Crippen LogP) is 5.81. The van der Waals surface area contributed by atoms with Crippen LogP contribution in [0.3, 0.4) is 0 Å². The fourth-order valence-electron chi connectivity index (χ4n) is 3.04. The number of hydrogen-bond acceptors (Lipinski definition) is 3. The Balaban J connectivity index is 2.13. The van der Waals surface area contributed by atoms with Gasteiger partial charge in [-0.15, -0.1) is 11.8 Å². The molecule has 7 heteroatoms. The molecule has 0 fully saturated rings. The summed E-state index contributed by atoms with van der Waals surface area (Å²) < 4.78 is 0. The number of rotatable bonds is 10. The second-order valence-electron chi connectivity index (χ2n) is 7.25. The average molecular weight is 467 g/mol. The van der Waals surface area contributed by atoms with Crippen LogP contribution >= 0.6 is 35.0 Å². The van der Waals surface area contributed by atoms with Crippen LogP contribution in [-0.4, -0.2) is 34.6 Å². The molecule has 0 radical (unpaired) electrons. The van der Waals surface area contributed by atoms with Gasteiger partial charge in [0.1, 0.15) is 6.04 Å². The Labute approximate surface area is 193 Å². The van der Waals surface area contributed by atoms with Crippen LogP contribution in [0.25, 0.3) is 0 Å². The number of benzene rings is 2. The van der Waals surface area contributed by atoms with Gasteiger partial charge in [0.2, 0.25) is 11.8 Å². The third-order valence-electron chi connectivity index (χ3n) is 4.51. The zero-order valence-corrected chi connectivity index (χ0v) is 19.9. The summed E-state index contributed by atoms with van der Waals surface area (Å²) >= 11 is 13.8. The van der Waals surface area contributed by atoms with Crippen molar-refractivity contribution in [3.63, 3.8) is 0 Å². The van der Waals surface area contributed by atoms with E-state index >= 15 is 0 Å². The molecule has 2 aromatic carbocycles. The van der Waals surface area contributed by atoms with Crippen LogP contribution in [0.15, 0.2) is 53.4 Å². The van der Waals surface area contributed by atoms with Crippen LogP contribution in [0.1, 0.15) is 39.2 Å². The molecule has 0 aliphatic heterocycles. The van der Waals surface area contributed by atoms with Gasteiger partial charge in [0, 0.05) is 39.7 Å². The average Bonchev–Trinajstić information content (AvgIpc) is 2.70. The highest BCUT2D eigenvalue weighted by Gasteiger charge is 2.29. The van der Waals surface area contributed by atoms with Crippen molar-refractivity contribution in [1.82, 2.24) is 10.2 Å². The van der Waals surface area contributed by atoms with Crippen molar-refractivity contribution in [2.45, 2.75) is 57.1 Å². The quantitative estimate of drug-likeness (QED) is 0.449. The van der Waals surface area contributed by atoms with Crippen LogP contribution in [0.5, 0.6) is 0 Å². The Kier molecular flexibility index (Phi) is 10.0. The molecule has 0 saturated heterocycles. The van der Waals surface area contributed by atoms with E-state index in [9.17, 15) is 9.59 Å². The molecular formula is C23H28Cl2N2O2S. The number of carbonyl (C=O) groups excluding carboxylic acids is 2. The maximum atomic E-state index is 13.2. The van der Waals surface area contributed by atoms with Crippen LogP contribution in [0.2, 0.25) is 10.0 Å². The van der Waals surface area contributed by atoms with Crippen LogP contribution < -0.4 is 5.32 Å². The normalized spacial score (nSPS) is 11.9. The fraction of sp³-hybridized carbons (Fsp3) is 0.391. The molecule has 1 N–H and O–H groups in total. The first-order valence-corrected chi connectivity index (χ1v) is 11.8. The molecule has 0 bridgehead atoms. The van der Waals surface area contributed by atoms with Gasteiger partial charge in [-0.25, -0.2) is 0 Å². The molecule has 2 aromatic rings. The summed E-state index contributed by atoms with van der Waals surface area (Å²) in [5, 5.41) is 4.20. The van der Waals surface area contributed by atoms with Crippen molar-refractivity contribution >= 4 is 46.8 Å². The molecule has 4 nitrogen and oxygen atoms in total. The Morgan fingerprint density at radius 2 is 1.73 bits per heavy atom. The van der Waals surface area contributed by atoms with Crippen LogP contribution in [0.4, 0.5) is 0 Å². The van der Waals surface area contributed by atoms with Gasteiger partial charge in [0.25, 0.3) is 0 Å². The Morgan fingerprint density at radius 3 is 2.33 bits per heavy atom. The van der Waals surface area contributed by atoms with Crippen LogP contribution in [-0.2, 0) is 16.1 Å². The van der Waals surface area contributed by atoms with E-state index < -0.39 is 6.04 Å².